The van der Waals surface area contributed by atoms with Crippen LogP contribution in [0.2, 0.25) is 0 Å². The Morgan fingerprint density at radius 2 is 1.11 bits per heavy atom. The van der Waals surface area contributed by atoms with E-state index in [0.717, 1.165) is 11.4 Å². The Hall–Kier alpha value is -3.54. The SMILES string of the molecule is C=CC(C)(C)[C@]12C[C@H]3C(=O)N4[C@@H](C[C@@]5(C(C)(C)C=C)c6ccccc6N[C@@H]45)C(=O)N3[C@@H]1Nc1ccccc12. The van der Waals surface area contributed by atoms with Crippen LogP contribution in [0.25, 0.3) is 0 Å². The number of carbonyl (C=O) groups is 2. The van der Waals surface area contributed by atoms with Crippen LogP contribution in [0, 0.1) is 10.8 Å². The van der Waals surface area contributed by atoms with E-state index in [4.69, 9.17) is 0 Å². The third-order valence-electron chi connectivity index (χ3n) is 11.0. The zero-order valence-electron chi connectivity index (χ0n) is 22.6. The van der Waals surface area contributed by atoms with Gasteiger partial charge in [0.05, 0.1) is 0 Å². The molecule has 2 N–H and O–H groups in total. The van der Waals surface area contributed by atoms with Gasteiger partial charge in [0.2, 0.25) is 11.8 Å². The molecule has 3 saturated heterocycles. The number of nitrogens with one attached hydrogen (secondary N) is 2. The van der Waals surface area contributed by atoms with E-state index in [9.17, 15) is 9.59 Å². The number of anilines is 2. The van der Waals surface area contributed by atoms with Gasteiger partial charge in [0.1, 0.15) is 24.4 Å². The summed E-state index contributed by atoms with van der Waals surface area (Å²) in [5.41, 5.74) is 2.80. The standard InChI is InChI=1S/C32H36N4O2/c1-7-29(3,4)31-17-23-25(37)36-24(26(38)35(23)27(31)33-21-15-11-9-13-19(21)31)18-32(30(5,6)8-2)20-14-10-12-16-22(20)34-28(32)36/h7-16,23-24,27-28,33-34H,1-2,17-18H2,3-6H3/t23-,24-,27-,28-,31-,32+/m0/s1. The van der Waals surface area contributed by atoms with Gasteiger partial charge < -0.3 is 20.4 Å². The van der Waals surface area contributed by atoms with Crippen molar-refractivity contribution >= 4 is 23.2 Å². The van der Waals surface area contributed by atoms with Gasteiger partial charge in [-0.1, -0.05) is 76.2 Å². The average Bonchev–Trinajstić information content (AvgIpc) is 3.62. The van der Waals surface area contributed by atoms with E-state index in [1.807, 2.05) is 46.2 Å². The minimum Gasteiger partial charge on any atom is -0.364 e. The summed E-state index contributed by atoms with van der Waals surface area (Å²) in [6.07, 6.45) is 4.50. The zero-order chi connectivity index (χ0) is 26.8. The van der Waals surface area contributed by atoms with E-state index < -0.39 is 22.9 Å². The van der Waals surface area contributed by atoms with Crippen LogP contribution < -0.4 is 10.6 Å². The molecule has 2 amide bonds. The topological polar surface area (TPSA) is 64.7 Å². The number of hydrogen-bond acceptors (Lipinski definition) is 4. The van der Waals surface area contributed by atoms with Gasteiger partial charge in [0.25, 0.3) is 0 Å². The Morgan fingerprint density at radius 3 is 1.47 bits per heavy atom. The molecule has 6 atom stereocenters. The molecule has 7 rings (SSSR count). The number of hydrogen-bond donors (Lipinski definition) is 2. The van der Waals surface area contributed by atoms with Crippen LogP contribution in [0.15, 0.2) is 73.8 Å². The van der Waals surface area contributed by atoms with Crippen molar-refractivity contribution in [2.75, 3.05) is 10.6 Å². The highest BCUT2D eigenvalue weighted by atomic mass is 16.2. The van der Waals surface area contributed by atoms with E-state index in [1.165, 1.54) is 11.1 Å². The summed E-state index contributed by atoms with van der Waals surface area (Å²) in [7, 11) is 0. The van der Waals surface area contributed by atoms with Crippen LogP contribution in [0.3, 0.4) is 0 Å². The van der Waals surface area contributed by atoms with Crippen molar-refractivity contribution in [3.8, 4) is 0 Å². The number of benzene rings is 2. The van der Waals surface area contributed by atoms with Crippen LogP contribution in [0.5, 0.6) is 0 Å². The number of allylic oxidation sites excluding steroid dienone is 2. The first-order chi connectivity index (χ1) is 18.1. The Kier molecular flexibility index (Phi) is 4.40. The number of piperazine rings is 1. The molecule has 196 valence electrons. The molecule has 6 nitrogen and oxygen atoms in total. The predicted molar refractivity (Wildman–Crippen MR) is 150 cm³/mol. The smallest absolute Gasteiger partial charge is 0.247 e. The van der Waals surface area contributed by atoms with Gasteiger partial charge in [0, 0.05) is 22.2 Å². The number of nitrogens with zero attached hydrogens (tertiary/aromatic N) is 2. The summed E-state index contributed by atoms with van der Waals surface area (Å²) in [5.74, 6) is 0.0733. The molecule has 38 heavy (non-hydrogen) atoms. The van der Waals surface area contributed by atoms with Crippen LogP contribution >= 0.6 is 0 Å². The third kappa shape index (κ3) is 2.37. The van der Waals surface area contributed by atoms with Crippen LogP contribution in [-0.4, -0.2) is 46.0 Å². The molecule has 5 aliphatic rings. The first-order valence-electron chi connectivity index (χ1n) is 13.7. The summed E-state index contributed by atoms with van der Waals surface area (Å²) in [6.45, 7) is 17.1. The van der Waals surface area contributed by atoms with Crippen molar-refractivity contribution in [2.45, 2.75) is 75.8 Å². The molecule has 0 bridgehead atoms. The van der Waals surface area contributed by atoms with Gasteiger partial charge in [-0.05, 0) is 46.9 Å². The fourth-order valence-corrected chi connectivity index (χ4v) is 8.66. The molecule has 5 heterocycles. The quantitative estimate of drug-likeness (QED) is 0.570. The van der Waals surface area contributed by atoms with Crippen molar-refractivity contribution in [3.63, 3.8) is 0 Å². The van der Waals surface area contributed by atoms with Gasteiger partial charge in [-0.3, -0.25) is 9.59 Å². The summed E-state index contributed by atoms with van der Waals surface area (Å²) < 4.78 is 0. The predicted octanol–water partition coefficient (Wildman–Crippen LogP) is 5.01. The maximum absolute atomic E-state index is 14.6. The average molecular weight is 509 g/mol. The Bertz CT molecular complexity index is 1320. The van der Waals surface area contributed by atoms with Crippen molar-refractivity contribution in [1.82, 2.24) is 9.80 Å². The molecule has 0 spiro atoms. The molecule has 6 heteroatoms. The van der Waals surface area contributed by atoms with Crippen molar-refractivity contribution in [2.24, 2.45) is 10.8 Å². The highest BCUT2D eigenvalue weighted by molar-refractivity contribution is 6.00. The molecule has 2 aromatic rings. The van der Waals surface area contributed by atoms with E-state index in [-0.39, 0.29) is 35.0 Å². The van der Waals surface area contributed by atoms with E-state index in [1.54, 1.807) is 0 Å². The number of carbonyl (C=O) groups excluding carboxylic acids is 2. The van der Waals surface area contributed by atoms with E-state index in [2.05, 4.69) is 75.8 Å². The molecule has 0 unspecified atom stereocenters. The van der Waals surface area contributed by atoms with Crippen LogP contribution in [-0.2, 0) is 20.4 Å². The molecule has 2 aromatic carbocycles. The summed E-state index contributed by atoms with van der Waals surface area (Å²) in [6, 6.07) is 15.5. The Morgan fingerprint density at radius 1 is 0.737 bits per heavy atom. The highest BCUT2D eigenvalue weighted by Gasteiger charge is 2.73. The van der Waals surface area contributed by atoms with Crippen LogP contribution in [0.4, 0.5) is 11.4 Å². The highest BCUT2D eigenvalue weighted by Crippen LogP contribution is 2.64. The summed E-state index contributed by atoms with van der Waals surface area (Å²) in [4.78, 5) is 33.0. The van der Waals surface area contributed by atoms with Gasteiger partial charge >= 0.3 is 0 Å². The Labute approximate surface area is 224 Å². The van der Waals surface area contributed by atoms with E-state index in [0.29, 0.717) is 12.8 Å². The van der Waals surface area contributed by atoms with Crippen LogP contribution in [0.1, 0.15) is 51.7 Å². The first-order valence-corrected chi connectivity index (χ1v) is 13.7. The lowest BCUT2D eigenvalue weighted by molar-refractivity contribution is -0.160. The molecular formula is C32H36N4O2. The maximum Gasteiger partial charge on any atom is 0.247 e. The van der Waals surface area contributed by atoms with Crippen molar-refractivity contribution < 1.29 is 9.59 Å². The molecule has 0 radical (unpaired) electrons. The largest absolute Gasteiger partial charge is 0.364 e. The van der Waals surface area contributed by atoms with Gasteiger partial charge in [0.15, 0.2) is 0 Å². The second-order valence-corrected chi connectivity index (χ2v) is 12.9. The second kappa shape index (κ2) is 7.10. The normalized spacial score (nSPS) is 34.4. The lowest BCUT2D eigenvalue weighted by atomic mass is 9.60. The van der Waals surface area contributed by atoms with Crippen molar-refractivity contribution in [3.05, 3.63) is 85.0 Å². The summed E-state index contributed by atoms with van der Waals surface area (Å²) >= 11 is 0. The Balaban J connectivity index is 1.38. The fourth-order valence-electron chi connectivity index (χ4n) is 8.66. The lowest BCUT2D eigenvalue weighted by Gasteiger charge is -2.45. The van der Waals surface area contributed by atoms with Gasteiger partial charge in [-0.15, -0.1) is 13.2 Å². The zero-order valence-corrected chi connectivity index (χ0v) is 22.6. The molecule has 0 saturated carbocycles. The van der Waals surface area contributed by atoms with Gasteiger partial charge in [-0.25, -0.2) is 0 Å². The minimum absolute atomic E-state index is 0.0366. The number of amides is 2. The van der Waals surface area contributed by atoms with Crippen molar-refractivity contribution in [1.29, 1.82) is 0 Å². The minimum atomic E-state index is -0.531. The molecule has 0 aliphatic carbocycles. The maximum atomic E-state index is 14.6. The van der Waals surface area contributed by atoms with Gasteiger partial charge in [-0.2, -0.15) is 0 Å². The third-order valence-corrected chi connectivity index (χ3v) is 11.0. The lowest BCUT2D eigenvalue weighted by Crippen LogP contribution is -2.66. The van der Waals surface area contributed by atoms with E-state index >= 15 is 0 Å². The molecule has 3 fully saturated rings. The number of para-hydroxylation sites is 2. The molecule has 0 aromatic heterocycles. The number of rotatable bonds is 4. The fraction of sp³-hybridized carbons (Fsp3) is 0.438. The monoisotopic (exact) mass is 508 g/mol. The summed E-state index contributed by atoms with van der Waals surface area (Å²) in [5, 5.41) is 7.36. The number of fused-ring (bicyclic) bond motifs is 10. The molecule has 5 aliphatic heterocycles. The second-order valence-electron chi connectivity index (χ2n) is 12.9. The first kappa shape index (κ1) is 23.6. The molecular weight excluding hydrogens is 472 g/mol.